The number of carbonyl (C=O) groups excluding carboxylic acids is 1. The highest BCUT2D eigenvalue weighted by Crippen LogP contribution is 2.14. The van der Waals surface area contributed by atoms with Gasteiger partial charge in [0.15, 0.2) is 0 Å². The molecule has 1 saturated heterocycles. The Labute approximate surface area is 106 Å². The fourth-order valence-electron chi connectivity index (χ4n) is 1.89. The predicted octanol–water partition coefficient (Wildman–Crippen LogP) is 3.02. The van der Waals surface area contributed by atoms with Gasteiger partial charge in [-0.25, -0.2) is 4.39 Å². The Balaban J connectivity index is 1.94. The molecule has 0 radical (unpaired) electrons. The number of carbonyl (C=O) groups is 1. The van der Waals surface area contributed by atoms with Gasteiger partial charge in [-0.05, 0) is 36.6 Å². The SMILES string of the molecule is C=C1CCN(C(=O)/C=C/c2ccc(F)cc2)CC1. The molecule has 0 atom stereocenters. The number of piperidine rings is 1. The van der Waals surface area contributed by atoms with E-state index in [1.807, 2.05) is 4.90 Å². The van der Waals surface area contributed by atoms with Crippen LogP contribution in [0, 0.1) is 5.82 Å². The molecular formula is C15H16FNO. The number of rotatable bonds is 2. The fraction of sp³-hybridized carbons (Fsp3) is 0.267. The van der Waals surface area contributed by atoms with E-state index >= 15 is 0 Å². The summed E-state index contributed by atoms with van der Waals surface area (Å²) in [4.78, 5) is 13.7. The highest BCUT2D eigenvalue weighted by Gasteiger charge is 2.15. The maximum Gasteiger partial charge on any atom is 0.246 e. The van der Waals surface area contributed by atoms with Gasteiger partial charge in [-0.2, -0.15) is 0 Å². The molecule has 0 aliphatic carbocycles. The topological polar surface area (TPSA) is 20.3 Å². The number of amides is 1. The lowest BCUT2D eigenvalue weighted by molar-refractivity contribution is -0.126. The van der Waals surface area contributed by atoms with Crippen LogP contribution in [0.25, 0.3) is 6.08 Å². The van der Waals surface area contributed by atoms with E-state index < -0.39 is 0 Å². The summed E-state index contributed by atoms with van der Waals surface area (Å²) in [5.41, 5.74) is 2.03. The zero-order chi connectivity index (χ0) is 13.0. The summed E-state index contributed by atoms with van der Waals surface area (Å²) < 4.78 is 12.7. The van der Waals surface area contributed by atoms with Gasteiger partial charge < -0.3 is 4.90 Å². The van der Waals surface area contributed by atoms with Crippen molar-refractivity contribution in [2.24, 2.45) is 0 Å². The van der Waals surface area contributed by atoms with Gasteiger partial charge in [0.05, 0.1) is 0 Å². The van der Waals surface area contributed by atoms with E-state index in [1.54, 1.807) is 24.3 Å². The molecule has 2 rings (SSSR count). The number of likely N-dealkylation sites (tertiary alicyclic amines) is 1. The average Bonchev–Trinajstić information content (AvgIpc) is 2.38. The minimum absolute atomic E-state index is 0.00632. The van der Waals surface area contributed by atoms with Crippen molar-refractivity contribution in [3.63, 3.8) is 0 Å². The monoisotopic (exact) mass is 245 g/mol. The lowest BCUT2D eigenvalue weighted by atomic mass is 10.1. The molecule has 0 aromatic heterocycles. The molecule has 1 aliphatic rings. The molecule has 18 heavy (non-hydrogen) atoms. The Bertz CT molecular complexity index is 466. The summed E-state index contributed by atoms with van der Waals surface area (Å²) in [5, 5.41) is 0. The first-order valence-corrected chi connectivity index (χ1v) is 6.04. The largest absolute Gasteiger partial charge is 0.339 e. The Morgan fingerprint density at radius 2 is 1.83 bits per heavy atom. The summed E-state index contributed by atoms with van der Waals surface area (Å²) in [6.45, 7) is 5.40. The van der Waals surface area contributed by atoms with Crippen LogP contribution in [0.5, 0.6) is 0 Å². The van der Waals surface area contributed by atoms with Crippen molar-refractivity contribution < 1.29 is 9.18 Å². The molecule has 0 N–H and O–H groups in total. The Kier molecular flexibility index (Phi) is 3.92. The van der Waals surface area contributed by atoms with Gasteiger partial charge in [0.2, 0.25) is 5.91 Å². The quantitative estimate of drug-likeness (QED) is 0.579. The molecule has 1 aromatic carbocycles. The standard InChI is InChI=1S/C15H16FNO/c1-12-8-10-17(11-9-12)15(18)7-4-13-2-5-14(16)6-3-13/h2-7H,1,8-11H2/b7-4+. The van der Waals surface area contributed by atoms with Gasteiger partial charge >= 0.3 is 0 Å². The average molecular weight is 245 g/mol. The van der Waals surface area contributed by atoms with Gasteiger partial charge in [-0.3, -0.25) is 4.79 Å². The molecular weight excluding hydrogens is 229 g/mol. The molecule has 1 amide bonds. The summed E-state index contributed by atoms with van der Waals surface area (Å²) in [5.74, 6) is -0.264. The van der Waals surface area contributed by atoms with Crippen molar-refractivity contribution >= 4 is 12.0 Å². The zero-order valence-corrected chi connectivity index (χ0v) is 10.2. The van der Waals surface area contributed by atoms with Crippen LogP contribution >= 0.6 is 0 Å². The van der Waals surface area contributed by atoms with Gasteiger partial charge in [-0.15, -0.1) is 0 Å². The molecule has 1 aliphatic heterocycles. The van der Waals surface area contributed by atoms with Gasteiger partial charge in [0.1, 0.15) is 5.82 Å². The number of halogens is 1. The van der Waals surface area contributed by atoms with Crippen LogP contribution in [0.15, 0.2) is 42.5 Å². The van der Waals surface area contributed by atoms with Crippen molar-refractivity contribution in [2.45, 2.75) is 12.8 Å². The van der Waals surface area contributed by atoms with Crippen LogP contribution in [0.1, 0.15) is 18.4 Å². The molecule has 1 aromatic rings. The maximum atomic E-state index is 12.7. The molecule has 94 valence electrons. The van der Waals surface area contributed by atoms with Crippen molar-refractivity contribution in [3.8, 4) is 0 Å². The molecule has 0 spiro atoms. The van der Waals surface area contributed by atoms with Crippen molar-refractivity contribution in [2.75, 3.05) is 13.1 Å². The third-order valence-electron chi connectivity index (χ3n) is 3.07. The molecule has 2 nitrogen and oxygen atoms in total. The van der Waals surface area contributed by atoms with Crippen LogP contribution < -0.4 is 0 Å². The Morgan fingerprint density at radius 3 is 2.44 bits per heavy atom. The van der Waals surface area contributed by atoms with Crippen molar-refractivity contribution in [3.05, 3.63) is 53.9 Å². The lowest BCUT2D eigenvalue weighted by Crippen LogP contribution is -2.34. The highest BCUT2D eigenvalue weighted by atomic mass is 19.1. The number of hydrogen-bond acceptors (Lipinski definition) is 1. The first kappa shape index (κ1) is 12.6. The first-order valence-electron chi connectivity index (χ1n) is 6.04. The maximum absolute atomic E-state index is 12.7. The fourth-order valence-corrected chi connectivity index (χ4v) is 1.89. The van der Waals surface area contributed by atoms with E-state index in [0.29, 0.717) is 0 Å². The molecule has 0 saturated carbocycles. The summed E-state index contributed by atoms with van der Waals surface area (Å²) in [6.07, 6.45) is 5.03. The lowest BCUT2D eigenvalue weighted by Gasteiger charge is -2.26. The third-order valence-corrected chi connectivity index (χ3v) is 3.07. The zero-order valence-electron chi connectivity index (χ0n) is 10.2. The Hall–Kier alpha value is -1.90. The number of benzene rings is 1. The van der Waals surface area contributed by atoms with Crippen LogP contribution in [-0.4, -0.2) is 23.9 Å². The van der Waals surface area contributed by atoms with Crippen LogP contribution in [0.3, 0.4) is 0 Å². The van der Waals surface area contributed by atoms with E-state index in [9.17, 15) is 9.18 Å². The minimum Gasteiger partial charge on any atom is -0.339 e. The van der Waals surface area contributed by atoms with E-state index in [-0.39, 0.29) is 11.7 Å². The van der Waals surface area contributed by atoms with Crippen LogP contribution in [0.2, 0.25) is 0 Å². The second-order valence-corrected chi connectivity index (χ2v) is 4.46. The normalized spacial score (nSPS) is 16.3. The third kappa shape index (κ3) is 3.29. The molecule has 1 fully saturated rings. The summed E-state index contributed by atoms with van der Waals surface area (Å²) in [7, 11) is 0. The van der Waals surface area contributed by atoms with Gasteiger partial charge in [-0.1, -0.05) is 24.3 Å². The van der Waals surface area contributed by atoms with E-state index in [2.05, 4.69) is 6.58 Å². The van der Waals surface area contributed by atoms with Gasteiger partial charge in [0, 0.05) is 19.2 Å². The highest BCUT2D eigenvalue weighted by molar-refractivity contribution is 5.91. The van der Waals surface area contributed by atoms with E-state index in [0.717, 1.165) is 31.5 Å². The molecule has 1 heterocycles. The second-order valence-electron chi connectivity index (χ2n) is 4.46. The minimum atomic E-state index is -0.270. The smallest absolute Gasteiger partial charge is 0.246 e. The Morgan fingerprint density at radius 1 is 1.22 bits per heavy atom. The number of hydrogen-bond donors (Lipinski definition) is 0. The van der Waals surface area contributed by atoms with Crippen molar-refractivity contribution in [1.29, 1.82) is 0 Å². The van der Waals surface area contributed by atoms with Crippen LogP contribution in [-0.2, 0) is 4.79 Å². The van der Waals surface area contributed by atoms with Gasteiger partial charge in [0.25, 0.3) is 0 Å². The van der Waals surface area contributed by atoms with E-state index in [4.69, 9.17) is 0 Å². The predicted molar refractivity (Wildman–Crippen MR) is 70.4 cm³/mol. The summed E-state index contributed by atoms with van der Waals surface area (Å²) >= 11 is 0. The van der Waals surface area contributed by atoms with Crippen LogP contribution in [0.4, 0.5) is 4.39 Å². The molecule has 3 heteroatoms. The number of nitrogens with zero attached hydrogens (tertiary/aromatic N) is 1. The first-order chi connectivity index (χ1) is 8.65. The molecule has 0 bridgehead atoms. The van der Waals surface area contributed by atoms with E-state index in [1.165, 1.54) is 17.7 Å². The summed E-state index contributed by atoms with van der Waals surface area (Å²) in [6, 6.07) is 6.07. The molecule has 0 unspecified atom stereocenters. The van der Waals surface area contributed by atoms with Crippen molar-refractivity contribution in [1.82, 2.24) is 4.90 Å². The second kappa shape index (κ2) is 5.63.